The highest BCUT2D eigenvalue weighted by atomic mass is 16.8. The Labute approximate surface area is 385 Å². The zero-order valence-electron chi connectivity index (χ0n) is 37.9. The van der Waals surface area contributed by atoms with Crippen molar-refractivity contribution in [3.63, 3.8) is 0 Å². The third-order valence-electron chi connectivity index (χ3n) is 11.8. The van der Waals surface area contributed by atoms with Crippen LogP contribution in [0.1, 0.15) is 80.2 Å². The molecule has 5 aromatic rings. The molecule has 0 N–H and O–H groups in total. The van der Waals surface area contributed by atoms with Crippen LogP contribution in [0.5, 0.6) is 0 Å². The Morgan fingerprint density at radius 2 is 0.892 bits per heavy atom. The van der Waals surface area contributed by atoms with E-state index in [2.05, 4.69) is 6.92 Å². The van der Waals surface area contributed by atoms with E-state index in [-0.39, 0.29) is 32.2 Å². The molecule has 0 bridgehead atoms. The van der Waals surface area contributed by atoms with Crippen LogP contribution in [-0.2, 0) is 80.5 Å². The topological polar surface area (TPSA) is 100 Å². The molecule has 2 fully saturated rings. The Morgan fingerprint density at radius 3 is 1.42 bits per heavy atom. The van der Waals surface area contributed by atoms with Crippen LogP contribution in [0.25, 0.3) is 0 Å². The van der Waals surface area contributed by atoms with Gasteiger partial charge >= 0.3 is 0 Å². The highest BCUT2D eigenvalue weighted by Gasteiger charge is 2.53. The van der Waals surface area contributed by atoms with Crippen LogP contribution in [-0.4, -0.2) is 74.3 Å². The molecule has 65 heavy (non-hydrogen) atoms. The van der Waals surface area contributed by atoms with Gasteiger partial charge in [-0.15, -0.1) is 0 Å². The molecule has 0 radical (unpaired) electrons. The molecule has 2 saturated heterocycles. The van der Waals surface area contributed by atoms with Crippen LogP contribution < -0.4 is 0 Å². The van der Waals surface area contributed by atoms with Gasteiger partial charge in [0.05, 0.1) is 45.7 Å². The monoisotopic (exact) mass is 886 g/mol. The molecule has 0 saturated carbocycles. The number of hydrogen-bond donors (Lipinski definition) is 0. The molecule has 7 rings (SSSR count). The first kappa shape index (κ1) is 48.3. The fourth-order valence-corrected chi connectivity index (χ4v) is 8.20. The van der Waals surface area contributed by atoms with Gasteiger partial charge in [-0.1, -0.05) is 191 Å². The molecular formula is C55H66O10. The number of carbonyl (C=O) groups is 1. The maximum absolute atomic E-state index is 15.1. The average Bonchev–Trinajstić information content (AvgIpc) is 3.35. The number of Topliss-reactive ketones (excluding diaryl/α,β-unsaturated/α-hetero) is 1. The van der Waals surface area contributed by atoms with E-state index < -0.39 is 55.3 Å². The number of hydrogen-bond acceptors (Lipinski definition) is 10. The molecule has 0 aliphatic carbocycles. The van der Waals surface area contributed by atoms with E-state index in [9.17, 15) is 0 Å². The Morgan fingerprint density at radius 1 is 0.446 bits per heavy atom. The van der Waals surface area contributed by atoms with Gasteiger partial charge in [-0.3, -0.25) is 4.79 Å². The minimum atomic E-state index is -1.24. The molecule has 0 amide bonds. The van der Waals surface area contributed by atoms with Crippen LogP contribution in [0, 0.1) is 0 Å². The Balaban J connectivity index is 1.18. The van der Waals surface area contributed by atoms with E-state index in [1.54, 1.807) is 0 Å². The van der Waals surface area contributed by atoms with Crippen molar-refractivity contribution in [1.82, 2.24) is 0 Å². The fourth-order valence-electron chi connectivity index (χ4n) is 8.20. The van der Waals surface area contributed by atoms with Gasteiger partial charge in [-0.2, -0.15) is 0 Å². The number of carbonyl (C=O) groups excluding carboxylic acids is 1. The van der Waals surface area contributed by atoms with Crippen molar-refractivity contribution in [2.24, 2.45) is 0 Å². The number of benzene rings is 5. The molecule has 9 atom stereocenters. The van der Waals surface area contributed by atoms with Crippen LogP contribution in [0.3, 0.4) is 0 Å². The summed E-state index contributed by atoms with van der Waals surface area (Å²) >= 11 is 0. The fraction of sp³-hybridized carbons (Fsp3) is 0.436. The van der Waals surface area contributed by atoms with Gasteiger partial charge in [0.25, 0.3) is 0 Å². The average molecular weight is 887 g/mol. The second-order valence-corrected chi connectivity index (χ2v) is 16.9. The summed E-state index contributed by atoms with van der Waals surface area (Å²) in [6.07, 6.45) is -1.39. The molecular weight excluding hydrogens is 821 g/mol. The van der Waals surface area contributed by atoms with Crippen molar-refractivity contribution >= 4 is 5.78 Å². The second kappa shape index (κ2) is 26.5. The lowest BCUT2D eigenvalue weighted by molar-refractivity contribution is -0.350. The van der Waals surface area contributed by atoms with Gasteiger partial charge in [0.15, 0.2) is 24.5 Å². The molecule has 346 valence electrons. The van der Waals surface area contributed by atoms with Crippen molar-refractivity contribution in [3.05, 3.63) is 179 Å². The van der Waals surface area contributed by atoms with E-state index in [1.807, 2.05) is 159 Å². The maximum atomic E-state index is 15.1. The summed E-state index contributed by atoms with van der Waals surface area (Å²) in [6, 6.07) is 49.6. The van der Waals surface area contributed by atoms with Crippen LogP contribution in [0.15, 0.2) is 152 Å². The van der Waals surface area contributed by atoms with Crippen LogP contribution in [0.2, 0.25) is 0 Å². The number of unbranched alkanes of at least 4 members (excludes halogenated alkanes) is 5. The smallest absolute Gasteiger partial charge is 0.198 e. The van der Waals surface area contributed by atoms with E-state index >= 15 is 4.79 Å². The molecule has 0 spiro atoms. The number of rotatable bonds is 26. The molecule has 10 nitrogen and oxygen atoms in total. The Kier molecular flexibility index (Phi) is 19.7. The van der Waals surface area contributed by atoms with E-state index in [0.29, 0.717) is 19.8 Å². The predicted octanol–water partition coefficient (Wildman–Crippen LogP) is 10.3. The zero-order valence-corrected chi connectivity index (χ0v) is 37.9. The van der Waals surface area contributed by atoms with Crippen molar-refractivity contribution in [2.45, 2.75) is 141 Å². The number of ether oxygens (including phenoxy) is 9. The first-order valence-corrected chi connectivity index (χ1v) is 23.4. The molecule has 5 aromatic carbocycles. The highest BCUT2D eigenvalue weighted by Crippen LogP contribution is 2.34. The molecule has 10 heteroatoms. The lowest BCUT2D eigenvalue weighted by atomic mass is 9.97. The zero-order chi connectivity index (χ0) is 44.9. The quantitative estimate of drug-likeness (QED) is 0.0499. The summed E-state index contributed by atoms with van der Waals surface area (Å²) in [7, 11) is 0. The van der Waals surface area contributed by atoms with Gasteiger partial charge in [0.2, 0.25) is 0 Å². The van der Waals surface area contributed by atoms with E-state index in [1.165, 1.54) is 19.3 Å². The SMILES string of the molecule is CCCCCCCCO[C@@H]1O[C@H](COCc2ccccc2)[C@H](OCc2ccccc2)C(=O)[C@H]1O[C@@H]1O[C@@H](C)[C@@H](OCc2ccccc2)[C@@H](OCc2ccccc2)[C@@H]1OCc1ccccc1. The summed E-state index contributed by atoms with van der Waals surface area (Å²) in [5, 5.41) is 0. The molecule has 0 aromatic heterocycles. The Hall–Kier alpha value is -4.59. The third kappa shape index (κ3) is 15.0. The first-order valence-electron chi connectivity index (χ1n) is 23.4. The van der Waals surface area contributed by atoms with Gasteiger partial charge in [0, 0.05) is 6.61 Å². The van der Waals surface area contributed by atoms with Gasteiger partial charge in [-0.05, 0) is 41.2 Å². The highest BCUT2D eigenvalue weighted by molar-refractivity contribution is 5.89. The summed E-state index contributed by atoms with van der Waals surface area (Å²) in [5.41, 5.74) is 4.89. The van der Waals surface area contributed by atoms with Crippen LogP contribution in [0.4, 0.5) is 0 Å². The molecule has 2 heterocycles. The first-order chi connectivity index (χ1) is 32.1. The van der Waals surface area contributed by atoms with Gasteiger partial charge < -0.3 is 42.6 Å². The second-order valence-electron chi connectivity index (χ2n) is 16.9. The lowest BCUT2D eigenvalue weighted by Crippen LogP contribution is -2.64. The Bertz CT molecular complexity index is 2040. The summed E-state index contributed by atoms with van der Waals surface area (Å²) < 4.78 is 60.0. The third-order valence-corrected chi connectivity index (χ3v) is 11.8. The van der Waals surface area contributed by atoms with E-state index in [0.717, 1.165) is 47.1 Å². The summed E-state index contributed by atoms with van der Waals surface area (Å²) in [4.78, 5) is 15.1. The normalized spacial score (nSPS) is 24.5. The number of ketones is 1. The van der Waals surface area contributed by atoms with Crippen molar-refractivity contribution in [3.8, 4) is 0 Å². The van der Waals surface area contributed by atoms with Gasteiger partial charge in [0.1, 0.15) is 30.5 Å². The van der Waals surface area contributed by atoms with E-state index in [4.69, 9.17) is 42.6 Å². The predicted molar refractivity (Wildman–Crippen MR) is 248 cm³/mol. The van der Waals surface area contributed by atoms with Crippen molar-refractivity contribution < 1.29 is 47.4 Å². The molecule has 2 aliphatic heterocycles. The van der Waals surface area contributed by atoms with Crippen molar-refractivity contribution in [1.29, 1.82) is 0 Å². The standard InChI is InChI=1S/C55H66O10/c1-3-4-5-6-7-23-34-58-54-51(48(56)50(60-37-44-28-17-10-18-29-44)47(64-54)40-57-35-42-24-13-8-14-25-42)65-55-53(62-39-46-32-21-12-22-33-46)52(61-38-45-30-19-11-20-31-45)49(41(2)63-55)59-36-43-26-15-9-16-27-43/h8-22,24-33,41,47,49-55H,3-7,23,34-40H2,1-2H3/t41-,47+,49+,50-,51+,52+,53-,54+,55-/m0/s1. The van der Waals surface area contributed by atoms with Crippen LogP contribution >= 0.6 is 0 Å². The largest absolute Gasteiger partial charge is 0.374 e. The minimum absolute atomic E-state index is 0.0965. The summed E-state index contributed by atoms with van der Waals surface area (Å²) in [5.74, 6) is -0.323. The lowest BCUT2D eigenvalue weighted by Gasteiger charge is -2.47. The molecule has 2 aliphatic rings. The maximum Gasteiger partial charge on any atom is 0.198 e. The minimum Gasteiger partial charge on any atom is -0.374 e. The summed E-state index contributed by atoms with van der Waals surface area (Å²) in [6.45, 7) is 6.00. The van der Waals surface area contributed by atoms with Gasteiger partial charge in [-0.25, -0.2) is 0 Å². The van der Waals surface area contributed by atoms with Crippen molar-refractivity contribution in [2.75, 3.05) is 13.2 Å². The molecule has 0 unspecified atom stereocenters.